The van der Waals surface area contributed by atoms with Crippen LogP contribution in [0.2, 0.25) is 0 Å². The normalized spacial score (nSPS) is 11.7. The molecule has 0 heterocycles. The molecular weight excluding hydrogens is 496 g/mol. The van der Waals surface area contributed by atoms with Crippen molar-refractivity contribution in [3.63, 3.8) is 0 Å². The molecule has 0 aliphatic heterocycles. The number of carboxylic acids is 1. The third kappa shape index (κ3) is 5.23. The molecule has 5 rings (SSSR count). The third-order valence-electron chi connectivity index (χ3n) is 6.22. The molecule has 2 amide bonds. The molecule has 0 spiro atoms. The number of carbonyl (C=O) groups is 3. The number of anilines is 2. The minimum absolute atomic E-state index is 0.0794. The summed E-state index contributed by atoms with van der Waals surface area (Å²) in [6.07, 6.45) is 0. The Kier molecular flexibility index (Phi) is 7.11. The van der Waals surface area contributed by atoms with Crippen LogP contribution in [0.3, 0.4) is 0 Å². The van der Waals surface area contributed by atoms with Crippen molar-refractivity contribution in [3.8, 4) is 0 Å². The monoisotopic (exact) mass is 520 g/mol. The summed E-state index contributed by atoms with van der Waals surface area (Å²) in [6.45, 7) is 1.85. The van der Waals surface area contributed by atoms with Crippen molar-refractivity contribution >= 4 is 62.5 Å². The van der Waals surface area contributed by atoms with E-state index in [4.69, 9.17) is 0 Å². The Bertz CT molecular complexity index is 1670. The van der Waals surface area contributed by atoms with E-state index in [2.05, 4.69) is 10.6 Å². The van der Waals surface area contributed by atoms with Crippen LogP contribution in [-0.2, 0) is 4.79 Å². The van der Waals surface area contributed by atoms with E-state index in [0.717, 1.165) is 21.4 Å². The van der Waals surface area contributed by atoms with E-state index in [-0.39, 0.29) is 22.3 Å². The Morgan fingerprint density at radius 2 is 1.34 bits per heavy atom. The minimum Gasteiger partial charge on any atom is -0.478 e. The van der Waals surface area contributed by atoms with Gasteiger partial charge in [-0.1, -0.05) is 60.7 Å². The van der Waals surface area contributed by atoms with Gasteiger partial charge in [-0.2, -0.15) is 0 Å². The molecule has 0 saturated carbocycles. The number of rotatable bonds is 7. The fourth-order valence-electron chi connectivity index (χ4n) is 4.35. The van der Waals surface area contributed by atoms with Crippen LogP contribution in [0, 0.1) is 0 Å². The van der Waals surface area contributed by atoms with Gasteiger partial charge >= 0.3 is 5.97 Å². The number of benzene rings is 5. The van der Waals surface area contributed by atoms with Crippen molar-refractivity contribution in [2.75, 3.05) is 10.6 Å². The largest absolute Gasteiger partial charge is 0.478 e. The molecular formula is C31H24N2O4S. The molecule has 5 aromatic rings. The maximum Gasteiger partial charge on any atom is 0.336 e. The Labute approximate surface area is 223 Å². The predicted octanol–water partition coefficient (Wildman–Crippen LogP) is 7.06. The van der Waals surface area contributed by atoms with Gasteiger partial charge in [-0.05, 0) is 60.2 Å². The fourth-order valence-corrected chi connectivity index (χ4v) is 5.22. The topological polar surface area (TPSA) is 95.5 Å². The Morgan fingerprint density at radius 1 is 0.711 bits per heavy atom. The average molecular weight is 521 g/mol. The van der Waals surface area contributed by atoms with Gasteiger partial charge in [0.2, 0.25) is 5.91 Å². The SMILES string of the molecule is CC(Sc1ccc(NC(=O)c2cccc3cccc(C(=O)O)c23)cc1)C(=O)Nc1cccc2ccccc12. The molecule has 1 atom stereocenters. The molecule has 1 unspecified atom stereocenters. The first kappa shape index (κ1) is 25.0. The molecule has 3 N–H and O–H groups in total. The molecule has 0 saturated heterocycles. The zero-order valence-electron chi connectivity index (χ0n) is 20.5. The van der Waals surface area contributed by atoms with Gasteiger partial charge in [0.05, 0.1) is 10.8 Å². The van der Waals surface area contributed by atoms with Gasteiger partial charge in [0.1, 0.15) is 0 Å². The second kappa shape index (κ2) is 10.8. The van der Waals surface area contributed by atoms with E-state index in [1.165, 1.54) is 17.8 Å². The van der Waals surface area contributed by atoms with Crippen molar-refractivity contribution in [2.45, 2.75) is 17.1 Å². The average Bonchev–Trinajstić information content (AvgIpc) is 2.93. The number of aromatic carboxylic acids is 1. The van der Waals surface area contributed by atoms with Crippen molar-refractivity contribution in [1.82, 2.24) is 0 Å². The lowest BCUT2D eigenvalue weighted by atomic mass is 9.98. The van der Waals surface area contributed by atoms with Gasteiger partial charge < -0.3 is 15.7 Å². The highest BCUT2D eigenvalue weighted by atomic mass is 32.2. The molecule has 0 fully saturated rings. The number of hydrogen-bond acceptors (Lipinski definition) is 4. The Balaban J connectivity index is 1.26. The molecule has 0 aromatic heterocycles. The summed E-state index contributed by atoms with van der Waals surface area (Å²) < 4.78 is 0. The first-order valence-electron chi connectivity index (χ1n) is 12.0. The number of carboxylic acid groups (broad SMARTS) is 1. The first-order valence-corrected chi connectivity index (χ1v) is 12.9. The van der Waals surface area contributed by atoms with Crippen LogP contribution < -0.4 is 10.6 Å². The summed E-state index contributed by atoms with van der Waals surface area (Å²) in [6, 6.07) is 31.0. The molecule has 6 nitrogen and oxygen atoms in total. The Hall–Kier alpha value is -4.62. The number of fused-ring (bicyclic) bond motifs is 2. The molecule has 188 valence electrons. The van der Waals surface area contributed by atoms with E-state index in [1.807, 2.05) is 61.5 Å². The highest BCUT2D eigenvalue weighted by Gasteiger charge is 2.18. The van der Waals surface area contributed by atoms with Gasteiger partial charge in [-0.3, -0.25) is 9.59 Å². The summed E-state index contributed by atoms with van der Waals surface area (Å²) in [5.41, 5.74) is 1.71. The molecule has 0 aliphatic rings. The lowest BCUT2D eigenvalue weighted by Crippen LogP contribution is -2.22. The van der Waals surface area contributed by atoms with Crippen LogP contribution in [0.25, 0.3) is 21.5 Å². The Morgan fingerprint density at radius 3 is 2.08 bits per heavy atom. The molecule has 0 radical (unpaired) electrons. The molecule has 38 heavy (non-hydrogen) atoms. The smallest absolute Gasteiger partial charge is 0.336 e. The number of amides is 2. The van der Waals surface area contributed by atoms with Crippen molar-refractivity contribution in [3.05, 3.63) is 114 Å². The minimum atomic E-state index is -1.09. The van der Waals surface area contributed by atoms with E-state index in [9.17, 15) is 19.5 Å². The summed E-state index contributed by atoms with van der Waals surface area (Å²) >= 11 is 1.42. The summed E-state index contributed by atoms with van der Waals surface area (Å²) in [4.78, 5) is 38.5. The van der Waals surface area contributed by atoms with E-state index < -0.39 is 11.9 Å². The van der Waals surface area contributed by atoms with Gasteiger partial charge in [0.15, 0.2) is 0 Å². The summed E-state index contributed by atoms with van der Waals surface area (Å²) in [5, 5.41) is 18.2. The van der Waals surface area contributed by atoms with Gasteiger partial charge in [-0.15, -0.1) is 11.8 Å². The molecule has 0 aliphatic carbocycles. The van der Waals surface area contributed by atoms with Crippen LogP contribution >= 0.6 is 11.8 Å². The van der Waals surface area contributed by atoms with Crippen molar-refractivity contribution in [2.24, 2.45) is 0 Å². The van der Waals surface area contributed by atoms with Gasteiger partial charge in [-0.25, -0.2) is 4.79 Å². The van der Waals surface area contributed by atoms with E-state index in [0.29, 0.717) is 16.5 Å². The maximum absolute atomic E-state index is 13.1. The van der Waals surface area contributed by atoms with Crippen LogP contribution in [0.1, 0.15) is 27.6 Å². The van der Waals surface area contributed by atoms with E-state index in [1.54, 1.807) is 42.5 Å². The summed E-state index contributed by atoms with van der Waals surface area (Å²) in [5.74, 6) is -1.59. The zero-order valence-corrected chi connectivity index (χ0v) is 21.3. The number of thioether (sulfide) groups is 1. The highest BCUT2D eigenvalue weighted by Crippen LogP contribution is 2.29. The van der Waals surface area contributed by atoms with Crippen molar-refractivity contribution in [1.29, 1.82) is 0 Å². The fraction of sp³-hybridized carbons (Fsp3) is 0.0645. The maximum atomic E-state index is 13.1. The second-order valence-electron chi connectivity index (χ2n) is 8.77. The lowest BCUT2D eigenvalue weighted by Gasteiger charge is -2.14. The number of hydrogen-bond donors (Lipinski definition) is 3. The standard InChI is InChI=1S/C31H24N2O4S/c1-19(29(34)33-27-14-6-8-20-7-2-3-11-24(20)27)38-23-17-15-22(16-18-23)32-30(35)25-12-4-9-21-10-5-13-26(28(21)25)31(36)37/h2-19H,1H3,(H,32,35)(H,33,34)(H,36,37). The molecule has 0 bridgehead atoms. The van der Waals surface area contributed by atoms with Gasteiger partial charge in [0.25, 0.3) is 5.91 Å². The van der Waals surface area contributed by atoms with E-state index >= 15 is 0 Å². The zero-order chi connectivity index (χ0) is 26.6. The highest BCUT2D eigenvalue weighted by molar-refractivity contribution is 8.00. The first-order chi connectivity index (χ1) is 18.4. The van der Waals surface area contributed by atoms with Crippen LogP contribution in [0.15, 0.2) is 108 Å². The number of carbonyl (C=O) groups excluding carboxylic acids is 2. The lowest BCUT2D eigenvalue weighted by molar-refractivity contribution is -0.115. The quantitative estimate of drug-likeness (QED) is 0.200. The summed E-state index contributed by atoms with van der Waals surface area (Å²) in [7, 11) is 0. The van der Waals surface area contributed by atoms with Crippen LogP contribution in [0.4, 0.5) is 11.4 Å². The second-order valence-corrected chi connectivity index (χ2v) is 10.2. The predicted molar refractivity (Wildman–Crippen MR) is 153 cm³/mol. The van der Waals surface area contributed by atoms with Crippen LogP contribution in [-0.4, -0.2) is 28.1 Å². The van der Waals surface area contributed by atoms with Gasteiger partial charge in [0, 0.05) is 32.6 Å². The van der Waals surface area contributed by atoms with Crippen LogP contribution in [0.5, 0.6) is 0 Å². The van der Waals surface area contributed by atoms with Crippen molar-refractivity contribution < 1.29 is 19.5 Å². The third-order valence-corrected chi connectivity index (χ3v) is 7.33. The molecule has 5 aromatic carbocycles. The molecule has 7 heteroatoms. The number of nitrogens with one attached hydrogen (secondary N) is 2.